The van der Waals surface area contributed by atoms with E-state index in [1.54, 1.807) is 36.4 Å². The van der Waals surface area contributed by atoms with E-state index in [2.05, 4.69) is 5.10 Å². The van der Waals surface area contributed by atoms with E-state index in [9.17, 15) is 18.0 Å². The summed E-state index contributed by atoms with van der Waals surface area (Å²) in [6.07, 6.45) is -4.94. The van der Waals surface area contributed by atoms with Gasteiger partial charge in [0.1, 0.15) is 12.4 Å². The summed E-state index contributed by atoms with van der Waals surface area (Å²) in [4.78, 5) is 11.8. The highest BCUT2D eigenvalue weighted by Crippen LogP contribution is 2.22. The molecule has 0 atom stereocenters. The van der Waals surface area contributed by atoms with Crippen molar-refractivity contribution in [2.45, 2.75) is 26.1 Å². The standard InChI is InChI=1S/C18H16ClF3N2O2/c1-12-10-15(6-7-16(12)19)26-11-13-2-4-14(5-3-13)17(25)24-23-9-8-18(20,21)22/h2-7,9-10H,8,11H2,1H3,(H,24,25)/b23-9-. The first-order valence-corrected chi connectivity index (χ1v) is 7.99. The number of benzene rings is 2. The highest BCUT2D eigenvalue weighted by Gasteiger charge is 2.25. The number of carbonyl (C=O) groups is 1. The minimum absolute atomic E-state index is 0.278. The van der Waals surface area contributed by atoms with Gasteiger partial charge in [0.05, 0.1) is 6.42 Å². The Morgan fingerprint density at radius 2 is 1.92 bits per heavy atom. The van der Waals surface area contributed by atoms with E-state index in [-0.39, 0.29) is 5.56 Å². The van der Waals surface area contributed by atoms with Gasteiger partial charge in [0.25, 0.3) is 5.91 Å². The zero-order valence-electron chi connectivity index (χ0n) is 13.8. The molecule has 0 fully saturated rings. The van der Waals surface area contributed by atoms with Crippen LogP contribution in [0.1, 0.15) is 27.9 Å². The molecule has 0 heterocycles. The van der Waals surface area contributed by atoms with Crippen LogP contribution in [0.5, 0.6) is 5.75 Å². The number of carbonyl (C=O) groups excluding carboxylic acids is 1. The number of nitrogens with one attached hydrogen (secondary N) is 1. The maximum Gasteiger partial charge on any atom is 0.394 e. The fraction of sp³-hybridized carbons (Fsp3) is 0.222. The fourth-order valence-corrected chi connectivity index (χ4v) is 2.06. The van der Waals surface area contributed by atoms with Crippen LogP contribution in [0.15, 0.2) is 47.6 Å². The third-order valence-corrected chi connectivity index (χ3v) is 3.76. The van der Waals surface area contributed by atoms with Crippen LogP contribution in [0, 0.1) is 6.92 Å². The van der Waals surface area contributed by atoms with Crippen molar-refractivity contribution in [3.63, 3.8) is 0 Å². The molecule has 2 aromatic rings. The fourth-order valence-electron chi connectivity index (χ4n) is 1.94. The van der Waals surface area contributed by atoms with Gasteiger partial charge in [-0.2, -0.15) is 18.3 Å². The second kappa shape index (κ2) is 8.71. The summed E-state index contributed by atoms with van der Waals surface area (Å²) in [5.74, 6) is 0.0805. The lowest BCUT2D eigenvalue weighted by atomic mass is 10.1. The average molecular weight is 385 g/mol. The SMILES string of the molecule is Cc1cc(OCc2ccc(C(=O)N/N=C\CC(F)(F)F)cc2)ccc1Cl. The van der Waals surface area contributed by atoms with Gasteiger partial charge < -0.3 is 4.74 Å². The molecule has 0 spiro atoms. The Hall–Kier alpha value is -2.54. The Balaban J connectivity index is 1.87. The molecule has 2 aromatic carbocycles. The van der Waals surface area contributed by atoms with Crippen molar-refractivity contribution in [2.75, 3.05) is 0 Å². The number of aryl methyl sites for hydroxylation is 1. The molecule has 0 unspecified atom stereocenters. The number of nitrogens with zero attached hydrogens (tertiary/aromatic N) is 1. The molecule has 0 aliphatic heterocycles. The molecule has 0 saturated carbocycles. The quantitative estimate of drug-likeness (QED) is 0.569. The molecule has 0 aromatic heterocycles. The van der Waals surface area contributed by atoms with Gasteiger partial charge in [0.2, 0.25) is 0 Å². The molecule has 2 rings (SSSR count). The average Bonchev–Trinajstić information content (AvgIpc) is 2.59. The van der Waals surface area contributed by atoms with Crippen LogP contribution >= 0.6 is 11.6 Å². The molecule has 0 aliphatic rings. The molecule has 138 valence electrons. The van der Waals surface area contributed by atoms with Gasteiger partial charge in [0.15, 0.2) is 0 Å². The number of hydrogen-bond acceptors (Lipinski definition) is 3. The van der Waals surface area contributed by atoms with Crippen molar-refractivity contribution < 1.29 is 22.7 Å². The first-order valence-electron chi connectivity index (χ1n) is 7.61. The molecule has 0 radical (unpaired) electrons. The third-order valence-electron chi connectivity index (χ3n) is 3.33. The van der Waals surface area contributed by atoms with Gasteiger partial charge in [-0.3, -0.25) is 4.79 Å². The molecule has 26 heavy (non-hydrogen) atoms. The zero-order valence-corrected chi connectivity index (χ0v) is 14.6. The van der Waals surface area contributed by atoms with Gasteiger partial charge in [-0.1, -0.05) is 23.7 Å². The van der Waals surface area contributed by atoms with E-state index in [1.807, 2.05) is 18.4 Å². The van der Waals surface area contributed by atoms with Gasteiger partial charge in [0, 0.05) is 16.8 Å². The Bertz CT molecular complexity index is 790. The number of alkyl halides is 3. The summed E-state index contributed by atoms with van der Waals surface area (Å²) in [5.41, 5.74) is 4.06. The normalized spacial score (nSPS) is 11.6. The molecule has 0 saturated heterocycles. The Morgan fingerprint density at radius 3 is 2.54 bits per heavy atom. The van der Waals surface area contributed by atoms with Gasteiger partial charge in [-0.05, 0) is 48.4 Å². The summed E-state index contributed by atoms with van der Waals surface area (Å²) in [5, 5.41) is 3.92. The Kier molecular flexibility index (Phi) is 6.63. The lowest BCUT2D eigenvalue weighted by Crippen LogP contribution is -2.18. The number of hydrogen-bond donors (Lipinski definition) is 1. The summed E-state index contributed by atoms with van der Waals surface area (Å²) >= 11 is 5.95. The van der Waals surface area contributed by atoms with Crippen LogP contribution in [0.2, 0.25) is 5.02 Å². The number of amides is 1. The van der Waals surface area contributed by atoms with E-state index in [4.69, 9.17) is 16.3 Å². The zero-order chi connectivity index (χ0) is 19.2. The van der Waals surface area contributed by atoms with Crippen LogP contribution in [0.4, 0.5) is 13.2 Å². The molecule has 1 amide bonds. The largest absolute Gasteiger partial charge is 0.489 e. The maximum atomic E-state index is 12.0. The molecular formula is C18H16ClF3N2O2. The molecular weight excluding hydrogens is 369 g/mol. The Morgan fingerprint density at radius 1 is 1.23 bits per heavy atom. The van der Waals surface area contributed by atoms with E-state index >= 15 is 0 Å². The molecule has 4 nitrogen and oxygen atoms in total. The van der Waals surface area contributed by atoms with Crippen molar-refractivity contribution in [3.8, 4) is 5.75 Å². The number of halogens is 4. The molecule has 0 bridgehead atoms. The minimum Gasteiger partial charge on any atom is -0.489 e. The van der Waals surface area contributed by atoms with E-state index < -0.39 is 18.5 Å². The monoisotopic (exact) mass is 384 g/mol. The van der Waals surface area contributed by atoms with Gasteiger partial charge in [-0.25, -0.2) is 5.43 Å². The molecule has 8 heteroatoms. The van der Waals surface area contributed by atoms with Crippen molar-refractivity contribution in [1.82, 2.24) is 5.43 Å². The summed E-state index contributed by atoms with van der Waals surface area (Å²) < 4.78 is 41.5. The lowest BCUT2D eigenvalue weighted by Gasteiger charge is -2.08. The smallest absolute Gasteiger partial charge is 0.394 e. The molecule has 1 N–H and O–H groups in total. The van der Waals surface area contributed by atoms with Crippen molar-refractivity contribution in [2.24, 2.45) is 5.10 Å². The maximum absolute atomic E-state index is 12.0. The van der Waals surface area contributed by atoms with E-state index in [0.29, 0.717) is 23.6 Å². The summed E-state index contributed by atoms with van der Waals surface area (Å²) in [6.45, 7) is 2.17. The number of ether oxygens (including phenoxy) is 1. The first kappa shape index (κ1) is 19.8. The van der Waals surface area contributed by atoms with Gasteiger partial charge in [-0.15, -0.1) is 0 Å². The highest BCUT2D eigenvalue weighted by molar-refractivity contribution is 6.31. The predicted octanol–water partition coefficient (Wildman–Crippen LogP) is 4.90. The number of hydrazone groups is 1. The van der Waals surface area contributed by atoms with Crippen LogP contribution in [-0.4, -0.2) is 18.3 Å². The third kappa shape index (κ3) is 6.40. The van der Waals surface area contributed by atoms with E-state index in [1.165, 1.54) is 0 Å². The van der Waals surface area contributed by atoms with Crippen LogP contribution in [0.3, 0.4) is 0 Å². The lowest BCUT2D eigenvalue weighted by molar-refractivity contribution is -0.120. The topological polar surface area (TPSA) is 50.7 Å². The van der Waals surface area contributed by atoms with E-state index in [0.717, 1.165) is 11.1 Å². The van der Waals surface area contributed by atoms with Gasteiger partial charge >= 0.3 is 6.18 Å². The van der Waals surface area contributed by atoms with Crippen molar-refractivity contribution in [1.29, 1.82) is 0 Å². The van der Waals surface area contributed by atoms with Crippen molar-refractivity contribution >= 4 is 23.7 Å². The highest BCUT2D eigenvalue weighted by atomic mass is 35.5. The first-order chi connectivity index (χ1) is 12.2. The van der Waals surface area contributed by atoms with Crippen LogP contribution < -0.4 is 10.2 Å². The van der Waals surface area contributed by atoms with Crippen LogP contribution in [0.25, 0.3) is 0 Å². The molecule has 0 aliphatic carbocycles. The Labute approximate surface area is 153 Å². The minimum atomic E-state index is -4.35. The summed E-state index contributed by atoms with van der Waals surface area (Å²) in [6, 6.07) is 11.8. The number of rotatable bonds is 6. The van der Waals surface area contributed by atoms with Crippen LogP contribution in [-0.2, 0) is 6.61 Å². The second-order valence-corrected chi connectivity index (χ2v) is 5.88. The predicted molar refractivity (Wildman–Crippen MR) is 93.6 cm³/mol. The second-order valence-electron chi connectivity index (χ2n) is 5.47. The summed E-state index contributed by atoms with van der Waals surface area (Å²) in [7, 11) is 0. The van der Waals surface area contributed by atoms with Crippen molar-refractivity contribution in [3.05, 3.63) is 64.2 Å².